The van der Waals surface area contributed by atoms with Crippen LogP contribution in [0.15, 0.2) is 60.7 Å². The van der Waals surface area contributed by atoms with Gasteiger partial charge in [-0.3, -0.25) is 0 Å². The molecule has 126 valence electrons. The molecule has 0 bridgehead atoms. The van der Waals surface area contributed by atoms with Gasteiger partial charge in [0.1, 0.15) is 0 Å². The Hall–Kier alpha value is -2.33. The lowest BCUT2D eigenvalue weighted by Gasteiger charge is -2.33. The molecule has 0 aliphatic carbocycles. The fourth-order valence-corrected chi connectivity index (χ4v) is 3.26. The number of amides is 2. The fraction of sp³-hybridized carbons (Fsp3) is 0.350. The second kappa shape index (κ2) is 7.97. The van der Waals surface area contributed by atoms with Crippen molar-refractivity contribution in [1.82, 2.24) is 10.2 Å². The number of aliphatic hydroxyl groups is 1. The molecule has 2 aromatic rings. The number of nitrogens with one attached hydrogen (secondary N) is 1. The molecule has 4 nitrogen and oxygen atoms in total. The number of rotatable bonds is 4. The highest BCUT2D eigenvalue weighted by Crippen LogP contribution is 2.23. The van der Waals surface area contributed by atoms with E-state index in [0.29, 0.717) is 6.54 Å². The van der Waals surface area contributed by atoms with Crippen LogP contribution in [0.3, 0.4) is 0 Å². The summed E-state index contributed by atoms with van der Waals surface area (Å²) in [5.41, 5.74) is 2.13. The average molecular weight is 324 g/mol. The van der Waals surface area contributed by atoms with Gasteiger partial charge in [0, 0.05) is 19.7 Å². The van der Waals surface area contributed by atoms with Crippen molar-refractivity contribution in [3.05, 3.63) is 71.8 Å². The first-order chi connectivity index (χ1) is 11.8. The molecule has 1 saturated heterocycles. The number of benzene rings is 2. The van der Waals surface area contributed by atoms with E-state index in [-0.39, 0.29) is 24.6 Å². The lowest BCUT2D eigenvalue weighted by Crippen LogP contribution is -2.47. The highest BCUT2D eigenvalue weighted by molar-refractivity contribution is 5.75. The summed E-state index contributed by atoms with van der Waals surface area (Å²) in [6.45, 7) is 1.52. The molecule has 0 spiro atoms. The van der Waals surface area contributed by atoms with Crippen LogP contribution in [0.25, 0.3) is 0 Å². The van der Waals surface area contributed by atoms with Crippen LogP contribution in [0.4, 0.5) is 4.79 Å². The van der Waals surface area contributed by atoms with E-state index in [4.69, 9.17) is 0 Å². The molecule has 1 unspecified atom stereocenters. The van der Waals surface area contributed by atoms with Gasteiger partial charge in [-0.25, -0.2) is 4.79 Å². The molecule has 3 rings (SSSR count). The van der Waals surface area contributed by atoms with Gasteiger partial charge in [-0.05, 0) is 29.9 Å². The molecular formula is C20H24N2O2. The van der Waals surface area contributed by atoms with Gasteiger partial charge in [0.2, 0.25) is 0 Å². The van der Waals surface area contributed by atoms with Crippen molar-refractivity contribution in [2.24, 2.45) is 5.92 Å². The maximum atomic E-state index is 12.7. The Labute approximate surface area is 143 Å². The highest BCUT2D eigenvalue weighted by atomic mass is 16.3. The molecule has 1 aliphatic heterocycles. The standard InChI is InChI=1S/C20H24N2O2/c23-15-16-8-7-13-22(14-16)20(24)21-19(17-9-3-1-4-10-17)18-11-5-2-6-12-18/h1-6,9-12,16,19,23H,7-8,13-15H2,(H,21,24). The Morgan fingerprint density at radius 3 is 2.21 bits per heavy atom. The Balaban J connectivity index is 1.78. The van der Waals surface area contributed by atoms with Crippen molar-refractivity contribution in [2.75, 3.05) is 19.7 Å². The van der Waals surface area contributed by atoms with Crippen LogP contribution < -0.4 is 5.32 Å². The van der Waals surface area contributed by atoms with Gasteiger partial charge in [-0.1, -0.05) is 60.7 Å². The molecule has 1 atom stereocenters. The van der Waals surface area contributed by atoms with Crippen LogP contribution in [0, 0.1) is 5.92 Å². The molecule has 0 radical (unpaired) electrons. The topological polar surface area (TPSA) is 52.6 Å². The summed E-state index contributed by atoms with van der Waals surface area (Å²) in [4.78, 5) is 14.6. The minimum Gasteiger partial charge on any atom is -0.396 e. The minimum absolute atomic E-state index is 0.0640. The van der Waals surface area contributed by atoms with E-state index >= 15 is 0 Å². The number of likely N-dealkylation sites (tertiary alicyclic amines) is 1. The van der Waals surface area contributed by atoms with Gasteiger partial charge in [0.15, 0.2) is 0 Å². The number of hydrogen-bond acceptors (Lipinski definition) is 2. The zero-order chi connectivity index (χ0) is 16.8. The van der Waals surface area contributed by atoms with E-state index in [9.17, 15) is 9.90 Å². The number of hydrogen-bond donors (Lipinski definition) is 2. The van der Waals surface area contributed by atoms with Crippen molar-refractivity contribution in [3.63, 3.8) is 0 Å². The summed E-state index contributed by atoms with van der Waals surface area (Å²) in [6, 6.07) is 19.8. The average Bonchev–Trinajstić information content (AvgIpc) is 2.67. The largest absolute Gasteiger partial charge is 0.396 e. The molecule has 4 heteroatoms. The molecular weight excluding hydrogens is 300 g/mol. The third-order valence-electron chi connectivity index (χ3n) is 4.60. The molecule has 1 fully saturated rings. The molecule has 2 N–H and O–H groups in total. The predicted octanol–water partition coefficient (Wildman–Crippen LogP) is 3.19. The Morgan fingerprint density at radius 1 is 1.08 bits per heavy atom. The second-order valence-electron chi connectivity index (χ2n) is 6.34. The molecule has 1 heterocycles. The number of urea groups is 1. The highest BCUT2D eigenvalue weighted by Gasteiger charge is 2.25. The SMILES string of the molecule is O=C(NC(c1ccccc1)c1ccccc1)N1CCCC(CO)C1. The van der Waals surface area contributed by atoms with E-state index in [1.165, 1.54) is 0 Å². The maximum Gasteiger partial charge on any atom is 0.318 e. The fourth-order valence-electron chi connectivity index (χ4n) is 3.26. The molecule has 1 aliphatic rings. The molecule has 0 aromatic heterocycles. The van der Waals surface area contributed by atoms with Crippen molar-refractivity contribution in [3.8, 4) is 0 Å². The van der Waals surface area contributed by atoms with E-state index in [1.807, 2.05) is 65.6 Å². The summed E-state index contributed by atoms with van der Waals surface area (Å²) in [5.74, 6) is 0.191. The van der Waals surface area contributed by atoms with Gasteiger partial charge in [0.05, 0.1) is 6.04 Å². The lowest BCUT2D eigenvalue weighted by atomic mass is 9.98. The minimum atomic E-state index is -0.172. The first-order valence-electron chi connectivity index (χ1n) is 8.54. The second-order valence-corrected chi connectivity index (χ2v) is 6.34. The van der Waals surface area contributed by atoms with Crippen molar-refractivity contribution < 1.29 is 9.90 Å². The van der Waals surface area contributed by atoms with Gasteiger partial charge in [-0.15, -0.1) is 0 Å². The summed E-state index contributed by atoms with van der Waals surface area (Å²) in [5, 5.41) is 12.5. The van der Waals surface area contributed by atoms with Gasteiger partial charge in [0.25, 0.3) is 0 Å². The van der Waals surface area contributed by atoms with E-state index in [1.54, 1.807) is 0 Å². The number of piperidine rings is 1. The molecule has 24 heavy (non-hydrogen) atoms. The predicted molar refractivity (Wildman–Crippen MR) is 94.6 cm³/mol. The van der Waals surface area contributed by atoms with Gasteiger partial charge < -0.3 is 15.3 Å². The third-order valence-corrected chi connectivity index (χ3v) is 4.60. The van der Waals surface area contributed by atoms with Crippen molar-refractivity contribution in [1.29, 1.82) is 0 Å². The monoisotopic (exact) mass is 324 g/mol. The first-order valence-corrected chi connectivity index (χ1v) is 8.54. The van der Waals surface area contributed by atoms with Crippen molar-refractivity contribution >= 4 is 6.03 Å². The Morgan fingerprint density at radius 2 is 1.67 bits per heavy atom. The zero-order valence-electron chi connectivity index (χ0n) is 13.8. The third kappa shape index (κ3) is 3.95. The summed E-state index contributed by atoms with van der Waals surface area (Å²) >= 11 is 0. The molecule has 0 saturated carbocycles. The molecule has 2 aromatic carbocycles. The zero-order valence-corrected chi connectivity index (χ0v) is 13.8. The summed E-state index contributed by atoms with van der Waals surface area (Å²) in [7, 11) is 0. The van der Waals surface area contributed by atoms with Crippen LogP contribution in [0.5, 0.6) is 0 Å². The van der Waals surface area contributed by atoms with Crippen molar-refractivity contribution in [2.45, 2.75) is 18.9 Å². The van der Waals surface area contributed by atoms with Crippen LogP contribution in [-0.2, 0) is 0 Å². The lowest BCUT2D eigenvalue weighted by molar-refractivity contribution is 0.128. The van der Waals surface area contributed by atoms with Crippen LogP contribution >= 0.6 is 0 Å². The summed E-state index contributed by atoms with van der Waals surface area (Å²) < 4.78 is 0. The smallest absolute Gasteiger partial charge is 0.318 e. The Kier molecular flexibility index (Phi) is 5.49. The Bertz CT molecular complexity index is 606. The van der Waals surface area contributed by atoms with E-state index in [0.717, 1.165) is 30.5 Å². The normalized spacial score (nSPS) is 17.8. The van der Waals surface area contributed by atoms with E-state index in [2.05, 4.69) is 5.32 Å². The number of aliphatic hydroxyl groups excluding tert-OH is 1. The van der Waals surface area contributed by atoms with Gasteiger partial charge >= 0.3 is 6.03 Å². The quantitative estimate of drug-likeness (QED) is 0.907. The summed E-state index contributed by atoms with van der Waals surface area (Å²) in [6.07, 6.45) is 1.93. The van der Waals surface area contributed by atoms with Crippen LogP contribution in [0.2, 0.25) is 0 Å². The van der Waals surface area contributed by atoms with Gasteiger partial charge in [-0.2, -0.15) is 0 Å². The maximum absolute atomic E-state index is 12.7. The van der Waals surface area contributed by atoms with E-state index < -0.39 is 0 Å². The number of carbonyl (C=O) groups is 1. The van der Waals surface area contributed by atoms with Crippen LogP contribution in [0.1, 0.15) is 30.0 Å². The van der Waals surface area contributed by atoms with Crippen LogP contribution in [-0.4, -0.2) is 35.7 Å². The first kappa shape index (κ1) is 16.5. The number of nitrogens with zero attached hydrogens (tertiary/aromatic N) is 1. The number of carbonyl (C=O) groups excluding carboxylic acids is 1. The molecule has 2 amide bonds.